The van der Waals surface area contributed by atoms with Crippen LogP contribution in [0, 0.1) is 5.92 Å². The molecule has 1 aliphatic heterocycles. The zero-order valence-corrected chi connectivity index (χ0v) is 10.3. The first-order chi connectivity index (χ1) is 6.79. The zero-order valence-electron chi connectivity index (χ0n) is 9.51. The Hall–Kier alpha value is 0.270. The van der Waals surface area contributed by atoms with Crippen molar-refractivity contribution in [1.29, 1.82) is 0 Å². The summed E-state index contributed by atoms with van der Waals surface area (Å²) in [5.74, 6) is 2.14. The van der Waals surface area contributed by atoms with Crippen molar-refractivity contribution in [3.05, 3.63) is 0 Å². The fourth-order valence-electron chi connectivity index (χ4n) is 1.64. The van der Waals surface area contributed by atoms with E-state index in [1.807, 2.05) is 0 Å². The van der Waals surface area contributed by atoms with E-state index in [1.165, 1.54) is 25.1 Å². The number of thioether (sulfide) groups is 1. The van der Waals surface area contributed by atoms with E-state index in [2.05, 4.69) is 36.2 Å². The average molecular weight is 216 g/mol. The maximum Gasteiger partial charge on any atom is 0.0172 e. The van der Waals surface area contributed by atoms with E-state index < -0.39 is 0 Å². The highest BCUT2D eigenvalue weighted by Gasteiger charge is 2.14. The van der Waals surface area contributed by atoms with Gasteiger partial charge in [0.1, 0.15) is 0 Å². The average Bonchev–Trinajstić information content (AvgIpc) is 2.63. The number of rotatable bonds is 7. The standard InChI is InChI=1S/C11H24N2S/c1-10(2)8-12-5-6-13-9-11-4-3-7-14-11/h10-13H,3-9H2,1-2H3. The monoisotopic (exact) mass is 216 g/mol. The summed E-state index contributed by atoms with van der Waals surface area (Å²) in [5, 5.41) is 7.85. The molecule has 0 saturated carbocycles. The van der Waals surface area contributed by atoms with E-state index in [-0.39, 0.29) is 0 Å². The van der Waals surface area contributed by atoms with Gasteiger partial charge in [0.2, 0.25) is 0 Å². The van der Waals surface area contributed by atoms with Crippen molar-refractivity contribution in [3.8, 4) is 0 Å². The lowest BCUT2D eigenvalue weighted by Crippen LogP contribution is -2.32. The predicted octanol–water partition coefficient (Wildman–Crippen LogP) is 1.72. The molecule has 0 aromatic rings. The third kappa shape index (κ3) is 5.89. The quantitative estimate of drug-likeness (QED) is 0.634. The summed E-state index contributed by atoms with van der Waals surface area (Å²) in [7, 11) is 0. The predicted molar refractivity (Wildman–Crippen MR) is 66.1 cm³/mol. The van der Waals surface area contributed by atoms with Gasteiger partial charge in [0, 0.05) is 24.9 Å². The van der Waals surface area contributed by atoms with Crippen LogP contribution in [0.3, 0.4) is 0 Å². The smallest absolute Gasteiger partial charge is 0.0172 e. The summed E-state index contributed by atoms with van der Waals surface area (Å²) >= 11 is 2.13. The van der Waals surface area contributed by atoms with E-state index in [1.54, 1.807) is 0 Å². The van der Waals surface area contributed by atoms with Gasteiger partial charge in [0.05, 0.1) is 0 Å². The molecule has 14 heavy (non-hydrogen) atoms. The van der Waals surface area contributed by atoms with Crippen LogP contribution in [-0.2, 0) is 0 Å². The Bertz CT molecular complexity index is 133. The molecule has 1 fully saturated rings. The number of hydrogen-bond acceptors (Lipinski definition) is 3. The molecule has 3 heteroatoms. The first-order valence-electron chi connectivity index (χ1n) is 5.82. The van der Waals surface area contributed by atoms with Crippen molar-refractivity contribution in [2.24, 2.45) is 5.92 Å². The SMILES string of the molecule is CC(C)CNCCNCC1CCCS1. The van der Waals surface area contributed by atoms with Crippen LogP contribution >= 0.6 is 11.8 Å². The molecule has 0 aromatic carbocycles. The van der Waals surface area contributed by atoms with Crippen molar-refractivity contribution in [2.45, 2.75) is 31.9 Å². The first kappa shape index (κ1) is 12.3. The van der Waals surface area contributed by atoms with Gasteiger partial charge >= 0.3 is 0 Å². The maximum absolute atomic E-state index is 3.52. The second-order valence-corrected chi connectivity index (χ2v) is 5.85. The first-order valence-corrected chi connectivity index (χ1v) is 6.87. The lowest BCUT2D eigenvalue weighted by atomic mass is 10.2. The summed E-state index contributed by atoms with van der Waals surface area (Å²) in [6.45, 7) is 9.05. The molecule has 1 heterocycles. The van der Waals surface area contributed by atoms with Gasteiger partial charge < -0.3 is 10.6 Å². The van der Waals surface area contributed by atoms with Crippen LogP contribution in [0.25, 0.3) is 0 Å². The maximum atomic E-state index is 3.52. The Labute approximate surface area is 92.6 Å². The fraction of sp³-hybridized carbons (Fsp3) is 1.00. The van der Waals surface area contributed by atoms with Gasteiger partial charge in [-0.3, -0.25) is 0 Å². The van der Waals surface area contributed by atoms with E-state index in [0.29, 0.717) is 0 Å². The molecule has 0 aliphatic carbocycles. The Morgan fingerprint density at radius 2 is 2.07 bits per heavy atom. The fourth-order valence-corrected chi connectivity index (χ4v) is 2.87. The van der Waals surface area contributed by atoms with E-state index in [0.717, 1.165) is 30.8 Å². The van der Waals surface area contributed by atoms with Crippen LogP contribution in [0.5, 0.6) is 0 Å². The molecule has 1 rings (SSSR count). The minimum Gasteiger partial charge on any atom is -0.315 e. The van der Waals surface area contributed by atoms with E-state index in [9.17, 15) is 0 Å². The highest BCUT2D eigenvalue weighted by molar-refractivity contribution is 8.00. The van der Waals surface area contributed by atoms with Crippen LogP contribution in [0.4, 0.5) is 0 Å². The van der Waals surface area contributed by atoms with E-state index in [4.69, 9.17) is 0 Å². The highest BCUT2D eigenvalue weighted by Crippen LogP contribution is 2.24. The normalized spacial score (nSPS) is 22.1. The van der Waals surface area contributed by atoms with Gasteiger partial charge in [-0.05, 0) is 31.1 Å². The van der Waals surface area contributed by atoms with Crippen LogP contribution < -0.4 is 10.6 Å². The third-order valence-electron chi connectivity index (χ3n) is 2.43. The third-order valence-corrected chi connectivity index (χ3v) is 3.83. The largest absolute Gasteiger partial charge is 0.315 e. The Morgan fingerprint density at radius 3 is 2.71 bits per heavy atom. The molecule has 84 valence electrons. The summed E-state index contributed by atoms with van der Waals surface area (Å²) in [5.41, 5.74) is 0. The molecule has 1 atom stereocenters. The van der Waals surface area contributed by atoms with Crippen molar-refractivity contribution in [3.63, 3.8) is 0 Å². The second-order valence-electron chi connectivity index (χ2n) is 4.44. The molecule has 2 nitrogen and oxygen atoms in total. The van der Waals surface area contributed by atoms with Crippen LogP contribution in [-0.4, -0.2) is 37.2 Å². The van der Waals surface area contributed by atoms with E-state index >= 15 is 0 Å². The van der Waals surface area contributed by atoms with Crippen molar-refractivity contribution in [1.82, 2.24) is 10.6 Å². The summed E-state index contributed by atoms with van der Waals surface area (Å²) in [6, 6.07) is 0. The van der Waals surface area contributed by atoms with Gasteiger partial charge in [-0.25, -0.2) is 0 Å². The topological polar surface area (TPSA) is 24.1 Å². The van der Waals surface area contributed by atoms with Gasteiger partial charge in [0.25, 0.3) is 0 Å². The molecule has 0 amide bonds. The van der Waals surface area contributed by atoms with Gasteiger partial charge in [0.15, 0.2) is 0 Å². The van der Waals surface area contributed by atoms with Crippen molar-refractivity contribution in [2.75, 3.05) is 31.9 Å². The molecular weight excluding hydrogens is 192 g/mol. The lowest BCUT2D eigenvalue weighted by Gasteiger charge is -2.11. The van der Waals surface area contributed by atoms with Crippen molar-refractivity contribution >= 4 is 11.8 Å². The molecule has 1 saturated heterocycles. The van der Waals surface area contributed by atoms with Crippen LogP contribution in [0.1, 0.15) is 26.7 Å². The summed E-state index contributed by atoms with van der Waals surface area (Å²) in [6.07, 6.45) is 2.83. The number of nitrogens with one attached hydrogen (secondary N) is 2. The Kier molecular flexibility index (Phi) is 6.65. The molecule has 0 spiro atoms. The summed E-state index contributed by atoms with van der Waals surface area (Å²) in [4.78, 5) is 0. The minimum atomic E-state index is 0.764. The Morgan fingerprint density at radius 1 is 1.29 bits per heavy atom. The summed E-state index contributed by atoms with van der Waals surface area (Å²) < 4.78 is 0. The molecule has 0 radical (unpaired) electrons. The Balaban J connectivity index is 1.79. The molecular formula is C11H24N2S. The second kappa shape index (κ2) is 7.55. The van der Waals surface area contributed by atoms with Crippen LogP contribution in [0.2, 0.25) is 0 Å². The van der Waals surface area contributed by atoms with Gasteiger partial charge in [-0.1, -0.05) is 13.8 Å². The lowest BCUT2D eigenvalue weighted by molar-refractivity contribution is 0.533. The molecule has 2 N–H and O–H groups in total. The van der Waals surface area contributed by atoms with Gasteiger partial charge in [-0.15, -0.1) is 0 Å². The van der Waals surface area contributed by atoms with Crippen LogP contribution in [0.15, 0.2) is 0 Å². The van der Waals surface area contributed by atoms with Crippen molar-refractivity contribution < 1.29 is 0 Å². The zero-order chi connectivity index (χ0) is 10.2. The molecule has 1 aliphatic rings. The molecule has 1 unspecified atom stereocenters. The molecule has 0 bridgehead atoms. The molecule has 0 aromatic heterocycles. The minimum absolute atomic E-state index is 0.764. The number of hydrogen-bond donors (Lipinski definition) is 2. The van der Waals surface area contributed by atoms with Gasteiger partial charge in [-0.2, -0.15) is 11.8 Å². The highest BCUT2D eigenvalue weighted by atomic mass is 32.2.